The molecule has 0 N–H and O–H groups in total. The normalized spacial score (nSPS) is 22.0. The fourth-order valence-electron chi connectivity index (χ4n) is 5.37. The summed E-state index contributed by atoms with van der Waals surface area (Å²) in [4.78, 5) is 17.7. The molecule has 2 atom stereocenters. The summed E-state index contributed by atoms with van der Waals surface area (Å²) in [6.07, 6.45) is -14.3. The van der Waals surface area contributed by atoms with E-state index in [0.29, 0.717) is 17.7 Å². The number of rotatable bonds is 4. The van der Waals surface area contributed by atoms with Crippen LogP contribution in [0.3, 0.4) is 0 Å². The summed E-state index contributed by atoms with van der Waals surface area (Å²) in [5.74, 6) is -2.06. The van der Waals surface area contributed by atoms with Gasteiger partial charge in [0.15, 0.2) is 0 Å². The van der Waals surface area contributed by atoms with Crippen molar-refractivity contribution >= 4 is 5.91 Å². The lowest BCUT2D eigenvalue weighted by molar-refractivity contribution is -0.150. The zero-order valence-electron chi connectivity index (χ0n) is 20.9. The van der Waals surface area contributed by atoms with Crippen molar-refractivity contribution in [2.45, 2.75) is 36.9 Å². The molecular formula is C26H25F10N3O. The molecule has 40 heavy (non-hydrogen) atoms. The summed E-state index contributed by atoms with van der Waals surface area (Å²) >= 11 is 0. The van der Waals surface area contributed by atoms with Crippen LogP contribution in [-0.2, 0) is 12.4 Å². The molecule has 2 aromatic rings. The Morgan fingerprint density at radius 3 is 1.82 bits per heavy atom. The van der Waals surface area contributed by atoms with Crippen LogP contribution in [-0.4, -0.2) is 78.6 Å². The second-order valence-corrected chi connectivity index (χ2v) is 9.99. The van der Waals surface area contributed by atoms with Gasteiger partial charge in [0.1, 0.15) is 5.82 Å². The van der Waals surface area contributed by atoms with Crippen molar-refractivity contribution in [3.05, 3.63) is 70.5 Å². The standard InChI is InChI=1S/C26H25F10N3O/c27-20-3-1-16(2-4-20)21-14-39(6-5-22(21)38-9-7-37(8-10-38)15-24(28,29)30)23(40)17-11-18(25(31,32)33)13-19(12-17)26(34,35)36/h1-4,11-13,21-22H,5-10,14-15H2. The molecule has 2 aliphatic heterocycles. The van der Waals surface area contributed by atoms with Crippen LogP contribution in [0.25, 0.3) is 0 Å². The topological polar surface area (TPSA) is 26.8 Å². The van der Waals surface area contributed by atoms with E-state index in [-0.39, 0.29) is 57.8 Å². The summed E-state index contributed by atoms with van der Waals surface area (Å²) in [7, 11) is 0. The molecule has 2 heterocycles. The Hall–Kier alpha value is -2.87. The fourth-order valence-corrected chi connectivity index (χ4v) is 5.37. The third-order valence-corrected chi connectivity index (χ3v) is 7.28. The molecule has 0 aromatic heterocycles. The smallest absolute Gasteiger partial charge is 0.338 e. The van der Waals surface area contributed by atoms with Crippen LogP contribution in [0.15, 0.2) is 42.5 Å². The lowest BCUT2D eigenvalue weighted by atomic mass is 9.84. The Morgan fingerprint density at radius 1 is 0.775 bits per heavy atom. The summed E-state index contributed by atoms with van der Waals surface area (Å²) in [5, 5.41) is 0. The second-order valence-electron chi connectivity index (χ2n) is 9.99. The van der Waals surface area contributed by atoms with Crippen molar-refractivity contribution in [1.82, 2.24) is 14.7 Å². The maximum atomic E-state index is 13.6. The summed E-state index contributed by atoms with van der Waals surface area (Å²) < 4.78 is 132. The Kier molecular flexibility index (Phi) is 8.42. The van der Waals surface area contributed by atoms with E-state index in [9.17, 15) is 48.7 Å². The summed E-state index contributed by atoms with van der Waals surface area (Å²) in [6.45, 7) is -0.286. The van der Waals surface area contributed by atoms with Crippen molar-refractivity contribution in [1.29, 1.82) is 0 Å². The highest BCUT2D eigenvalue weighted by Crippen LogP contribution is 2.38. The van der Waals surface area contributed by atoms with Crippen LogP contribution in [0.2, 0.25) is 0 Å². The minimum absolute atomic E-state index is 0.00154. The molecule has 2 aliphatic rings. The number of hydrogen-bond acceptors (Lipinski definition) is 3. The van der Waals surface area contributed by atoms with Crippen LogP contribution in [0.4, 0.5) is 43.9 Å². The zero-order chi connectivity index (χ0) is 29.5. The van der Waals surface area contributed by atoms with Crippen LogP contribution < -0.4 is 0 Å². The van der Waals surface area contributed by atoms with E-state index in [1.54, 1.807) is 0 Å². The molecule has 0 aliphatic carbocycles. The van der Waals surface area contributed by atoms with Gasteiger partial charge in [0.25, 0.3) is 5.91 Å². The molecule has 2 unspecified atom stereocenters. The van der Waals surface area contributed by atoms with E-state index in [1.807, 2.05) is 4.90 Å². The maximum absolute atomic E-state index is 13.6. The van der Waals surface area contributed by atoms with E-state index in [1.165, 1.54) is 34.1 Å². The number of piperidine rings is 1. The van der Waals surface area contributed by atoms with Crippen molar-refractivity contribution < 1.29 is 48.7 Å². The first-order chi connectivity index (χ1) is 18.5. The predicted octanol–water partition coefficient (Wildman–Crippen LogP) is 6.04. The molecule has 220 valence electrons. The maximum Gasteiger partial charge on any atom is 0.416 e. The lowest BCUT2D eigenvalue weighted by Crippen LogP contribution is -2.57. The number of nitrogens with zero attached hydrogens (tertiary/aromatic N) is 3. The van der Waals surface area contributed by atoms with Gasteiger partial charge in [0, 0.05) is 56.8 Å². The van der Waals surface area contributed by atoms with Gasteiger partial charge < -0.3 is 4.90 Å². The first-order valence-corrected chi connectivity index (χ1v) is 12.4. The van der Waals surface area contributed by atoms with Crippen LogP contribution in [0.1, 0.15) is 39.4 Å². The van der Waals surface area contributed by atoms with Gasteiger partial charge in [-0.15, -0.1) is 0 Å². The largest absolute Gasteiger partial charge is 0.416 e. The van der Waals surface area contributed by atoms with Gasteiger partial charge in [-0.25, -0.2) is 4.39 Å². The number of likely N-dealkylation sites (tertiary alicyclic amines) is 1. The van der Waals surface area contributed by atoms with Gasteiger partial charge in [-0.05, 0) is 42.3 Å². The molecule has 4 rings (SSSR count). The van der Waals surface area contributed by atoms with Gasteiger partial charge in [0.2, 0.25) is 0 Å². The highest BCUT2D eigenvalue weighted by molar-refractivity contribution is 5.95. The number of piperazine rings is 1. The first kappa shape index (κ1) is 30.1. The predicted molar refractivity (Wildman–Crippen MR) is 124 cm³/mol. The second kappa shape index (κ2) is 11.2. The Morgan fingerprint density at radius 2 is 1.32 bits per heavy atom. The van der Waals surface area contributed by atoms with E-state index in [0.717, 1.165) is 0 Å². The third kappa shape index (κ3) is 7.25. The number of hydrogen-bond donors (Lipinski definition) is 0. The van der Waals surface area contributed by atoms with Crippen molar-refractivity contribution in [2.24, 2.45) is 0 Å². The monoisotopic (exact) mass is 585 g/mol. The van der Waals surface area contributed by atoms with Gasteiger partial charge in [-0.1, -0.05) is 12.1 Å². The molecule has 14 heteroatoms. The molecule has 2 saturated heterocycles. The molecule has 2 fully saturated rings. The first-order valence-electron chi connectivity index (χ1n) is 12.4. The molecule has 0 saturated carbocycles. The van der Waals surface area contributed by atoms with Crippen LogP contribution in [0, 0.1) is 5.82 Å². The minimum Gasteiger partial charge on any atom is -0.338 e. The van der Waals surface area contributed by atoms with Crippen molar-refractivity contribution in [3.8, 4) is 0 Å². The Labute approximate surface area is 223 Å². The average molecular weight is 585 g/mol. The number of amides is 1. The highest BCUT2D eigenvalue weighted by atomic mass is 19.4. The fraction of sp³-hybridized carbons (Fsp3) is 0.500. The third-order valence-electron chi connectivity index (χ3n) is 7.28. The molecule has 2 aromatic carbocycles. The quantitative estimate of drug-likeness (QED) is 0.410. The minimum atomic E-state index is -5.12. The zero-order valence-corrected chi connectivity index (χ0v) is 20.9. The number of halogens is 10. The number of carbonyl (C=O) groups excluding carboxylic acids is 1. The average Bonchev–Trinajstić information content (AvgIpc) is 2.87. The molecule has 1 amide bonds. The Balaban J connectivity index is 1.59. The van der Waals surface area contributed by atoms with Gasteiger partial charge in [0.05, 0.1) is 17.7 Å². The summed E-state index contributed by atoms with van der Waals surface area (Å²) in [5.41, 5.74) is -3.39. The SMILES string of the molecule is O=C(c1cc(C(F)(F)F)cc(C(F)(F)F)c1)N1CCC(N2CCN(CC(F)(F)F)CC2)C(c2ccc(F)cc2)C1. The van der Waals surface area contributed by atoms with Crippen molar-refractivity contribution in [2.75, 3.05) is 45.8 Å². The summed E-state index contributed by atoms with van der Waals surface area (Å²) in [6, 6.07) is 5.76. The van der Waals surface area contributed by atoms with E-state index < -0.39 is 59.4 Å². The number of carbonyl (C=O) groups is 1. The molecule has 0 bridgehead atoms. The number of benzene rings is 2. The van der Waals surface area contributed by atoms with E-state index in [2.05, 4.69) is 0 Å². The van der Waals surface area contributed by atoms with Crippen molar-refractivity contribution in [3.63, 3.8) is 0 Å². The molecule has 4 nitrogen and oxygen atoms in total. The molecule has 0 spiro atoms. The highest BCUT2D eigenvalue weighted by Gasteiger charge is 2.41. The van der Waals surface area contributed by atoms with E-state index >= 15 is 0 Å². The number of alkyl halides is 9. The van der Waals surface area contributed by atoms with Gasteiger partial charge in [-0.2, -0.15) is 39.5 Å². The van der Waals surface area contributed by atoms with Crippen LogP contribution >= 0.6 is 0 Å². The van der Waals surface area contributed by atoms with Gasteiger partial charge in [-0.3, -0.25) is 14.6 Å². The van der Waals surface area contributed by atoms with Gasteiger partial charge >= 0.3 is 18.5 Å². The lowest BCUT2D eigenvalue weighted by Gasteiger charge is -2.47. The molecular weight excluding hydrogens is 560 g/mol. The Bertz CT molecular complexity index is 1150. The molecule has 0 radical (unpaired) electrons. The van der Waals surface area contributed by atoms with Crippen LogP contribution in [0.5, 0.6) is 0 Å². The van der Waals surface area contributed by atoms with E-state index in [4.69, 9.17) is 0 Å².